The van der Waals surface area contributed by atoms with Gasteiger partial charge in [-0.15, -0.1) is 0 Å². The van der Waals surface area contributed by atoms with Gasteiger partial charge in [0.1, 0.15) is 5.41 Å². The first-order valence-electron chi connectivity index (χ1n) is 12.3. The number of Topliss-reactive ketones (excluding diaryl/α,β-unsaturated/α-hetero) is 1. The van der Waals surface area contributed by atoms with Crippen LogP contribution in [0.5, 0.6) is 0 Å². The molecule has 6 rings (SSSR count). The number of rotatable bonds is 3. The van der Waals surface area contributed by atoms with Gasteiger partial charge in [-0.2, -0.15) is 5.10 Å². The van der Waals surface area contributed by atoms with Crippen LogP contribution in [0.4, 0.5) is 10.1 Å². The summed E-state index contributed by atoms with van der Waals surface area (Å²) in [5.41, 5.74) is -1.03. The molecule has 3 aliphatic rings. The zero-order chi connectivity index (χ0) is 26.9. The molecule has 3 aromatic rings. The number of nitrogens with zero attached hydrogens (tertiary/aromatic N) is 4. The largest absolute Gasteiger partial charge is 0.462 e. The van der Waals surface area contributed by atoms with Crippen molar-refractivity contribution in [2.45, 2.75) is 51.9 Å². The van der Waals surface area contributed by atoms with E-state index in [2.05, 4.69) is 15.6 Å². The Labute approximate surface area is 215 Å². The molecule has 0 aliphatic carbocycles. The number of amides is 2. The second-order valence-corrected chi connectivity index (χ2v) is 9.85. The van der Waals surface area contributed by atoms with E-state index in [1.54, 1.807) is 24.8 Å². The quantitative estimate of drug-likeness (QED) is 0.303. The molecule has 13 heteroatoms. The summed E-state index contributed by atoms with van der Waals surface area (Å²) >= 11 is 0. The minimum absolute atomic E-state index is 0.117. The lowest BCUT2D eigenvalue weighted by atomic mass is 9.63. The molecule has 2 amide bonds. The summed E-state index contributed by atoms with van der Waals surface area (Å²) in [6.07, 6.45) is 1.15. The summed E-state index contributed by atoms with van der Waals surface area (Å²) in [6, 6.07) is 0.782. The number of esters is 1. The van der Waals surface area contributed by atoms with Crippen molar-refractivity contribution >= 4 is 40.2 Å². The molecule has 1 spiro atoms. The monoisotopic (exact) mass is 525 g/mol. The van der Waals surface area contributed by atoms with Crippen LogP contribution in [-0.2, 0) is 30.3 Å². The van der Waals surface area contributed by atoms with Gasteiger partial charge in [0.25, 0.3) is 0 Å². The minimum Gasteiger partial charge on any atom is -0.462 e. The molecule has 5 heterocycles. The third kappa shape index (κ3) is 3.30. The van der Waals surface area contributed by atoms with Crippen molar-refractivity contribution in [2.24, 2.45) is 5.41 Å². The molecular formula is C25H24FN5O7. The van der Waals surface area contributed by atoms with Crippen LogP contribution in [0.1, 0.15) is 43.1 Å². The number of ether oxygens (including phenoxy) is 2. The van der Waals surface area contributed by atoms with Crippen LogP contribution in [0.2, 0.25) is 0 Å². The summed E-state index contributed by atoms with van der Waals surface area (Å²) in [7, 11) is 0. The van der Waals surface area contributed by atoms with Crippen molar-refractivity contribution in [2.75, 3.05) is 18.1 Å². The highest BCUT2D eigenvalue weighted by Gasteiger charge is 2.62. The Kier molecular flexibility index (Phi) is 5.38. The van der Waals surface area contributed by atoms with E-state index in [1.165, 1.54) is 17.1 Å². The van der Waals surface area contributed by atoms with Crippen LogP contribution in [0.3, 0.4) is 0 Å². The lowest BCUT2D eigenvalue weighted by molar-refractivity contribution is -0.158. The van der Waals surface area contributed by atoms with E-state index >= 15 is 4.39 Å². The summed E-state index contributed by atoms with van der Waals surface area (Å²) in [5.74, 6) is -3.08. The highest BCUT2D eigenvalue weighted by molar-refractivity contribution is 6.22. The molecule has 1 N–H and O–H groups in total. The van der Waals surface area contributed by atoms with E-state index in [0.717, 1.165) is 0 Å². The number of anilines is 1. The number of nitrogens with one attached hydrogen (secondary N) is 1. The van der Waals surface area contributed by atoms with Gasteiger partial charge in [0.15, 0.2) is 11.6 Å². The topological polar surface area (TPSA) is 146 Å². The third-order valence-electron chi connectivity index (χ3n) is 7.47. The Morgan fingerprint density at radius 2 is 2.11 bits per heavy atom. The molecule has 0 bridgehead atoms. The van der Waals surface area contributed by atoms with Crippen molar-refractivity contribution in [3.05, 3.63) is 35.4 Å². The highest BCUT2D eigenvalue weighted by atomic mass is 19.1. The number of fused-ring (bicyclic) bond motifs is 5. The number of hydrogen-bond acceptors (Lipinski definition) is 10. The fourth-order valence-electron chi connectivity index (χ4n) is 6.06. The molecule has 198 valence electrons. The molecule has 2 aromatic heterocycles. The van der Waals surface area contributed by atoms with Gasteiger partial charge in [0, 0.05) is 12.7 Å². The number of benzene rings is 1. The van der Waals surface area contributed by atoms with Crippen molar-refractivity contribution in [1.29, 1.82) is 0 Å². The molecule has 1 aromatic carbocycles. The number of piperidine rings is 1. The van der Waals surface area contributed by atoms with E-state index in [9.17, 15) is 19.2 Å². The Bertz CT molecular complexity index is 1510. The fraction of sp³-hybridized carbons (Fsp3) is 0.440. The first kappa shape index (κ1) is 24.2. The number of morpholine rings is 1. The maximum atomic E-state index is 16.2. The van der Waals surface area contributed by atoms with Gasteiger partial charge in [-0.3, -0.25) is 19.7 Å². The molecule has 1 unspecified atom stereocenters. The number of aromatic nitrogens is 3. The standard InChI is InChI=1S/C25H24FN5O7/c1-4-36-23(34)14-8-27-31(10-14)22-15-5-13-7-25(16(32)6-17(33)28-24(25)35)21-12(3)37-11(2)9-30(21)19(13)18(26)20(15)38-29-22/h5,8,10-12,21H,4,6-7,9H2,1-3H3,(H,28,33,35)/t11-,12+,21-,25?/m1/s1. The average Bonchev–Trinajstić information content (AvgIpc) is 3.49. The number of carbonyl (C=O) groups excluding carboxylic acids is 4. The summed E-state index contributed by atoms with van der Waals surface area (Å²) in [4.78, 5) is 52.6. The SMILES string of the molecule is CCOC(=O)c1cnn(-c2noc3c(F)c4c(cc23)CC2(C(=O)CC(=O)NC2=O)[C@H]2[C@H](C)O[C@H](C)CN42)c1. The van der Waals surface area contributed by atoms with Crippen LogP contribution in [0.15, 0.2) is 23.0 Å². The van der Waals surface area contributed by atoms with Gasteiger partial charge < -0.3 is 18.9 Å². The first-order valence-corrected chi connectivity index (χ1v) is 12.3. The average molecular weight is 525 g/mol. The normalized spacial score (nSPS) is 26.9. The summed E-state index contributed by atoms with van der Waals surface area (Å²) in [6.45, 7) is 5.64. The van der Waals surface area contributed by atoms with Gasteiger partial charge in [-0.1, -0.05) is 5.16 Å². The van der Waals surface area contributed by atoms with Crippen molar-refractivity contribution in [3.63, 3.8) is 0 Å². The lowest BCUT2D eigenvalue weighted by Gasteiger charge is -2.55. The van der Waals surface area contributed by atoms with Crippen LogP contribution in [0, 0.1) is 11.2 Å². The predicted molar refractivity (Wildman–Crippen MR) is 127 cm³/mol. The Morgan fingerprint density at radius 3 is 2.84 bits per heavy atom. The van der Waals surface area contributed by atoms with Gasteiger partial charge in [0.05, 0.1) is 54.1 Å². The molecule has 3 aliphatic heterocycles. The number of carbonyl (C=O) groups is 4. The van der Waals surface area contributed by atoms with E-state index in [0.29, 0.717) is 5.56 Å². The van der Waals surface area contributed by atoms with Gasteiger partial charge >= 0.3 is 5.97 Å². The maximum Gasteiger partial charge on any atom is 0.341 e. The van der Waals surface area contributed by atoms with E-state index in [4.69, 9.17) is 14.0 Å². The number of ketones is 1. The highest BCUT2D eigenvalue weighted by Crippen LogP contribution is 2.50. The second kappa shape index (κ2) is 8.45. The summed E-state index contributed by atoms with van der Waals surface area (Å²) < 4.78 is 33.8. The van der Waals surface area contributed by atoms with Crippen LogP contribution in [-0.4, -0.2) is 69.9 Å². The minimum atomic E-state index is -1.65. The first-order chi connectivity index (χ1) is 18.1. The number of hydrogen-bond donors (Lipinski definition) is 1. The molecule has 12 nitrogen and oxygen atoms in total. The molecule has 2 saturated heterocycles. The van der Waals surface area contributed by atoms with Gasteiger partial charge in [0.2, 0.25) is 23.2 Å². The molecule has 4 atom stereocenters. The number of imide groups is 1. The third-order valence-corrected chi connectivity index (χ3v) is 7.47. The molecular weight excluding hydrogens is 501 g/mol. The molecule has 0 radical (unpaired) electrons. The Balaban J connectivity index is 1.53. The zero-order valence-electron chi connectivity index (χ0n) is 20.8. The second-order valence-electron chi connectivity index (χ2n) is 9.85. The van der Waals surface area contributed by atoms with E-state index < -0.39 is 53.4 Å². The van der Waals surface area contributed by atoms with Crippen molar-refractivity contribution in [3.8, 4) is 5.82 Å². The zero-order valence-corrected chi connectivity index (χ0v) is 20.8. The molecule has 2 fully saturated rings. The van der Waals surface area contributed by atoms with E-state index in [1.807, 2.05) is 6.92 Å². The smallest absolute Gasteiger partial charge is 0.341 e. The Hall–Kier alpha value is -4.13. The van der Waals surface area contributed by atoms with Crippen LogP contribution < -0.4 is 10.2 Å². The van der Waals surface area contributed by atoms with E-state index in [-0.39, 0.29) is 53.7 Å². The van der Waals surface area contributed by atoms with Gasteiger partial charge in [-0.25, -0.2) is 13.9 Å². The van der Waals surface area contributed by atoms with Crippen molar-refractivity contribution in [1.82, 2.24) is 20.3 Å². The molecule has 38 heavy (non-hydrogen) atoms. The molecule has 0 saturated carbocycles. The predicted octanol–water partition coefficient (Wildman–Crippen LogP) is 1.47. The van der Waals surface area contributed by atoms with Crippen LogP contribution in [0.25, 0.3) is 16.8 Å². The number of halogens is 1. The van der Waals surface area contributed by atoms with Crippen molar-refractivity contribution < 1.29 is 37.6 Å². The fourth-order valence-corrected chi connectivity index (χ4v) is 6.06. The Morgan fingerprint density at radius 1 is 1.32 bits per heavy atom. The maximum absolute atomic E-state index is 16.2. The van der Waals surface area contributed by atoms with Crippen LogP contribution >= 0.6 is 0 Å². The summed E-state index contributed by atoms with van der Waals surface area (Å²) in [5, 5.41) is 10.7. The van der Waals surface area contributed by atoms with Gasteiger partial charge in [-0.05, 0) is 38.8 Å². The lowest BCUT2D eigenvalue weighted by Crippen LogP contribution is -2.72.